The Labute approximate surface area is 137 Å². The van der Waals surface area contributed by atoms with E-state index in [1.54, 1.807) is 18.2 Å². The maximum Gasteiger partial charge on any atom is 0.335 e. The molecule has 1 saturated heterocycles. The number of nitrogens with zero attached hydrogens (tertiary/aromatic N) is 1. The van der Waals surface area contributed by atoms with Gasteiger partial charge in [-0.1, -0.05) is 18.5 Å². The van der Waals surface area contributed by atoms with E-state index in [2.05, 4.69) is 11.8 Å². The average Bonchev–Trinajstić information content (AvgIpc) is 2.72. The largest absolute Gasteiger partial charge is 0.478 e. The summed E-state index contributed by atoms with van der Waals surface area (Å²) in [5.41, 5.74) is 1.17. The zero-order valence-corrected chi connectivity index (χ0v) is 13.8. The van der Waals surface area contributed by atoms with Gasteiger partial charge in [-0.15, -0.1) is 0 Å². The molecule has 0 bridgehead atoms. The normalized spacial score (nSPS) is 19.8. The summed E-state index contributed by atoms with van der Waals surface area (Å²) in [5, 5.41) is 9.73. The molecule has 0 amide bonds. The topological polar surface area (TPSA) is 49.8 Å². The number of hydrogen-bond acceptors (Lipinski definition) is 3. The van der Waals surface area contributed by atoms with E-state index in [1.807, 2.05) is 0 Å². The Morgan fingerprint density at radius 2 is 2.23 bits per heavy atom. The number of rotatable bonds is 6. The predicted octanol–water partition coefficient (Wildman–Crippen LogP) is 3.82. The first-order valence-electron chi connectivity index (χ1n) is 7.95. The summed E-state index contributed by atoms with van der Waals surface area (Å²) >= 11 is 6.21. The molecule has 0 radical (unpaired) electrons. The van der Waals surface area contributed by atoms with Crippen LogP contribution in [-0.4, -0.2) is 41.8 Å². The van der Waals surface area contributed by atoms with Crippen LogP contribution >= 0.6 is 11.6 Å². The summed E-state index contributed by atoms with van der Waals surface area (Å²) < 4.78 is 5.85. The van der Waals surface area contributed by atoms with Crippen molar-refractivity contribution in [3.8, 4) is 0 Å². The molecule has 1 aliphatic rings. The molecule has 1 heterocycles. The van der Waals surface area contributed by atoms with E-state index in [9.17, 15) is 4.79 Å². The molecule has 22 heavy (non-hydrogen) atoms. The average molecular weight is 326 g/mol. The summed E-state index contributed by atoms with van der Waals surface area (Å²) in [6.45, 7) is 5.61. The van der Waals surface area contributed by atoms with Crippen molar-refractivity contribution in [2.45, 2.75) is 45.3 Å². The molecule has 1 aromatic carbocycles. The van der Waals surface area contributed by atoms with Crippen LogP contribution in [-0.2, 0) is 11.3 Å². The maximum absolute atomic E-state index is 11.1. The fraction of sp³-hybridized carbons (Fsp3) is 0.588. The van der Waals surface area contributed by atoms with Gasteiger partial charge in [0.2, 0.25) is 0 Å². The van der Waals surface area contributed by atoms with Gasteiger partial charge in [-0.2, -0.15) is 0 Å². The summed E-state index contributed by atoms with van der Waals surface area (Å²) in [7, 11) is 0. The molecule has 1 unspecified atom stereocenters. The van der Waals surface area contributed by atoms with E-state index in [0.29, 0.717) is 23.2 Å². The monoisotopic (exact) mass is 325 g/mol. The van der Waals surface area contributed by atoms with Crippen LogP contribution in [0.3, 0.4) is 0 Å². The van der Waals surface area contributed by atoms with Gasteiger partial charge < -0.3 is 9.84 Å². The molecule has 0 saturated carbocycles. The van der Waals surface area contributed by atoms with Crippen molar-refractivity contribution >= 4 is 17.6 Å². The van der Waals surface area contributed by atoms with E-state index in [-0.39, 0.29) is 0 Å². The van der Waals surface area contributed by atoms with Gasteiger partial charge in [0.1, 0.15) is 0 Å². The number of hydrogen-bond donors (Lipinski definition) is 1. The van der Waals surface area contributed by atoms with Crippen molar-refractivity contribution in [1.82, 2.24) is 4.90 Å². The maximum atomic E-state index is 11.1. The molecule has 5 heteroatoms. The Balaban J connectivity index is 1.96. The zero-order chi connectivity index (χ0) is 15.9. The van der Waals surface area contributed by atoms with E-state index in [0.717, 1.165) is 50.9 Å². The quantitative estimate of drug-likeness (QED) is 0.863. The third-order valence-electron chi connectivity index (χ3n) is 4.01. The summed E-state index contributed by atoms with van der Waals surface area (Å²) in [4.78, 5) is 13.4. The molecule has 0 aliphatic carbocycles. The van der Waals surface area contributed by atoms with Gasteiger partial charge in [0.25, 0.3) is 0 Å². The molecule has 4 nitrogen and oxygen atoms in total. The van der Waals surface area contributed by atoms with Crippen LogP contribution in [0.15, 0.2) is 18.2 Å². The number of halogens is 1. The lowest BCUT2D eigenvalue weighted by atomic mass is 10.1. The van der Waals surface area contributed by atoms with Crippen molar-refractivity contribution < 1.29 is 14.6 Å². The van der Waals surface area contributed by atoms with Gasteiger partial charge in [0.05, 0.1) is 11.7 Å². The van der Waals surface area contributed by atoms with Gasteiger partial charge in [-0.25, -0.2) is 4.79 Å². The van der Waals surface area contributed by atoms with Crippen LogP contribution in [0.25, 0.3) is 0 Å². The van der Waals surface area contributed by atoms with Crippen LogP contribution in [0.1, 0.15) is 48.5 Å². The summed E-state index contributed by atoms with van der Waals surface area (Å²) in [6, 6.07) is 4.90. The van der Waals surface area contributed by atoms with E-state index >= 15 is 0 Å². The van der Waals surface area contributed by atoms with Crippen molar-refractivity contribution in [2.24, 2.45) is 0 Å². The summed E-state index contributed by atoms with van der Waals surface area (Å²) in [6.07, 6.45) is 4.63. The fourth-order valence-corrected chi connectivity index (χ4v) is 2.98. The number of carboxylic acids is 1. The van der Waals surface area contributed by atoms with Gasteiger partial charge in [0, 0.05) is 24.7 Å². The second kappa shape index (κ2) is 8.51. The fourth-order valence-electron chi connectivity index (χ4n) is 2.80. The lowest BCUT2D eigenvalue weighted by Gasteiger charge is -2.21. The summed E-state index contributed by atoms with van der Waals surface area (Å²) in [5.74, 6) is -0.915. The third kappa shape index (κ3) is 4.97. The second-order valence-electron chi connectivity index (χ2n) is 5.81. The third-order valence-corrected chi connectivity index (χ3v) is 4.38. The predicted molar refractivity (Wildman–Crippen MR) is 87.6 cm³/mol. The molecule has 0 spiro atoms. The van der Waals surface area contributed by atoms with Crippen molar-refractivity contribution in [3.05, 3.63) is 34.3 Å². The molecule has 1 aromatic rings. The molecule has 122 valence electrons. The lowest BCUT2D eigenvalue weighted by Crippen LogP contribution is -2.25. The Kier molecular flexibility index (Phi) is 6.68. The van der Waals surface area contributed by atoms with Gasteiger partial charge in [-0.3, -0.25) is 4.90 Å². The first kappa shape index (κ1) is 17.3. The Hall–Kier alpha value is -1.10. The Morgan fingerprint density at radius 1 is 1.41 bits per heavy atom. The van der Waals surface area contributed by atoms with Crippen LogP contribution in [0.4, 0.5) is 0 Å². The van der Waals surface area contributed by atoms with E-state index in [1.165, 1.54) is 0 Å². The molecular formula is C17H24ClNO3. The second-order valence-corrected chi connectivity index (χ2v) is 6.22. The lowest BCUT2D eigenvalue weighted by molar-refractivity contribution is 0.0437. The SMILES string of the molecule is CCCOC1CCCN(Cc2cc(C(=O)O)ccc2Cl)CC1. The molecule has 2 rings (SSSR count). The number of carbonyl (C=O) groups is 1. The molecule has 1 fully saturated rings. The van der Waals surface area contributed by atoms with Gasteiger partial charge in [0.15, 0.2) is 0 Å². The molecule has 0 aromatic heterocycles. The van der Waals surface area contributed by atoms with Crippen molar-refractivity contribution in [3.63, 3.8) is 0 Å². The highest BCUT2D eigenvalue weighted by Crippen LogP contribution is 2.22. The van der Waals surface area contributed by atoms with Crippen LogP contribution in [0, 0.1) is 0 Å². The number of ether oxygens (including phenoxy) is 1. The molecule has 1 atom stereocenters. The van der Waals surface area contributed by atoms with Crippen LogP contribution < -0.4 is 0 Å². The van der Waals surface area contributed by atoms with Crippen molar-refractivity contribution in [2.75, 3.05) is 19.7 Å². The number of carboxylic acid groups (broad SMARTS) is 1. The van der Waals surface area contributed by atoms with Gasteiger partial charge >= 0.3 is 5.97 Å². The van der Waals surface area contributed by atoms with E-state index in [4.69, 9.17) is 21.4 Å². The minimum Gasteiger partial charge on any atom is -0.478 e. The first-order valence-corrected chi connectivity index (χ1v) is 8.33. The highest BCUT2D eigenvalue weighted by atomic mass is 35.5. The zero-order valence-electron chi connectivity index (χ0n) is 13.1. The standard InChI is InChI=1S/C17H24ClNO3/c1-2-10-22-15-4-3-8-19(9-7-15)12-14-11-13(17(20)21)5-6-16(14)18/h5-6,11,15H,2-4,7-10,12H2,1H3,(H,20,21). The first-order chi connectivity index (χ1) is 10.6. The number of likely N-dealkylation sites (tertiary alicyclic amines) is 1. The van der Waals surface area contributed by atoms with Crippen LogP contribution in [0.5, 0.6) is 0 Å². The minimum absolute atomic E-state index is 0.290. The Bertz CT molecular complexity index is 507. The molecule has 1 N–H and O–H groups in total. The molecule has 1 aliphatic heterocycles. The van der Waals surface area contributed by atoms with Gasteiger partial charge in [-0.05, 0) is 56.0 Å². The highest BCUT2D eigenvalue weighted by Gasteiger charge is 2.18. The number of benzene rings is 1. The van der Waals surface area contributed by atoms with Crippen molar-refractivity contribution in [1.29, 1.82) is 0 Å². The smallest absolute Gasteiger partial charge is 0.335 e. The Morgan fingerprint density at radius 3 is 2.95 bits per heavy atom. The molecular weight excluding hydrogens is 302 g/mol. The minimum atomic E-state index is -0.915. The van der Waals surface area contributed by atoms with E-state index < -0.39 is 5.97 Å². The van der Waals surface area contributed by atoms with Crippen LogP contribution in [0.2, 0.25) is 5.02 Å². The number of aromatic carboxylic acids is 1. The highest BCUT2D eigenvalue weighted by molar-refractivity contribution is 6.31.